The standard InChI is InChI=1S/C12H18N2O/c1-3-4-5-6-11(15)9-12-10(2)13-7-8-14-12/h7-8H,3-6,9H2,1-2H3. The Morgan fingerprint density at radius 1 is 1.27 bits per heavy atom. The minimum absolute atomic E-state index is 0.270. The van der Waals surface area contributed by atoms with E-state index in [1.54, 1.807) is 12.4 Å². The summed E-state index contributed by atoms with van der Waals surface area (Å²) >= 11 is 0. The summed E-state index contributed by atoms with van der Waals surface area (Å²) in [5.74, 6) is 0.270. The molecule has 0 N–H and O–H groups in total. The lowest BCUT2D eigenvalue weighted by atomic mass is 10.1. The van der Waals surface area contributed by atoms with Crippen molar-refractivity contribution in [3.8, 4) is 0 Å². The zero-order valence-electron chi connectivity index (χ0n) is 9.49. The smallest absolute Gasteiger partial charge is 0.138 e. The van der Waals surface area contributed by atoms with Crippen molar-refractivity contribution < 1.29 is 4.79 Å². The fourth-order valence-corrected chi connectivity index (χ4v) is 1.46. The quantitative estimate of drug-likeness (QED) is 0.671. The van der Waals surface area contributed by atoms with E-state index in [0.717, 1.165) is 30.7 Å². The molecule has 3 heteroatoms. The molecule has 0 atom stereocenters. The number of unbranched alkanes of at least 4 members (excludes halogenated alkanes) is 2. The predicted molar refractivity (Wildman–Crippen MR) is 59.6 cm³/mol. The summed E-state index contributed by atoms with van der Waals surface area (Å²) in [5.41, 5.74) is 1.68. The number of rotatable bonds is 6. The van der Waals surface area contributed by atoms with E-state index in [1.807, 2.05) is 6.92 Å². The third-order valence-corrected chi connectivity index (χ3v) is 2.41. The summed E-state index contributed by atoms with van der Waals surface area (Å²) in [5, 5.41) is 0. The molecule has 1 rings (SSSR count). The van der Waals surface area contributed by atoms with Crippen molar-refractivity contribution >= 4 is 5.78 Å². The highest BCUT2D eigenvalue weighted by Crippen LogP contribution is 2.06. The summed E-state index contributed by atoms with van der Waals surface area (Å²) in [7, 11) is 0. The Morgan fingerprint density at radius 2 is 2.00 bits per heavy atom. The maximum Gasteiger partial charge on any atom is 0.138 e. The Bertz CT molecular complexity index is 323. The third kappa shape index (κ3) is 4.19. The first kappa shape index (κ1) is 11.8. The second-order valence-electron chi connectivity index (χ2n) is 3.76. The van der Waals surface area contributed by atoms with Gasteiger partial charge in [0.2, 0.25) is 0 Å². The molecule has 1 aromatic heterocycles. The normalized spacial score (nSPS) is 10.3. The SMILES string of the molecule is CCCCCC(=O)Cc1nccnc1C. The molecule has 1 heterocycles. The molecule has 0 radical (unpaired) electrons. The van der Waals surface area contributed by atoms with Crippen LogP contribution < -0.4 is 0 Å². The molecule has 0 spiro atoms. The zero-order valence-corrected chi connectivity index (χ0v) is 9.49. The van der Waals surface area contributed by atoms with Gasteiger partial charge in [-0.15, -0.1) is 0 Å². The Balaban J connectivity index is 2.41. The van der Waals surface area contributed by atoms with Gasteiger partial charge in [0, 0.05) is 18.8 Å². The maximum absolute atomic E-state index is 11.6. The van der Waals surface area contributed by atoms with Gasteiger partial charge < -0.3 is 0 Å². The van der Waals surface area contributed by atoms with Crippen LogP contribution in [0.25, 0.3) is 0 Å². The van der Waals surface area contributed by atoms with Crippen molar-refractivity contribution in [1.82, 2.24) is 9.97 Å². The van der Waals surface area contributed by atoms with Gasteiger partial charge in [0.25, 0.3) is 0 Å². The van der Waals surface area contributed by atoms with Crippen molar-refractivity contribution in [2.45, 2.75) is 46.0 Å². The topological polar surface area (TPSA) is 42.9 Å². The largest absolute Gasteiger partial charge is 0.299 e. The monoisotopic (exact) mass is 206 g/mol. The van der Waals surface area contributed by atoms with E-state index in [4.69, 9.17) is 0 Å². The molecule has 82 valence electrons. The number of nitrogens with zero attached hydrogens (tertiary/aromatic N) is 2. The minimum atomic E-state index is 0.270. The molecule has 0 amide bonds. The van der Waals surface area contributed by atoms with Crippen LogP contribution in [-0.4, -0.2) is 15.8 Å². The highest BCUT2D eigenvalue weighted by molar-refractivity contribution is 5.80. The van der Waals surface area contributed by atoms with Crippen LogP contribution in [0.15, 0.2) is 12.4 Å². The number of Topliss-reactive ketones (excluding diaryl/α,β-unsaturated/α-hetero) is 1. The van der Waals surface area contributed by atoms with Crippen LogP contribution in [0.5, 0.6) is 0 Å². The highest BCUT2D eigenvalue weighted by atomic mass is 16.1. The number of aromatic nitrogens is 2. The van der Waals surface area contributed by atoms with Gasteiger partial charge in [-0.1, -0.05) is 19.8 Å². The molecular formula is C12H18N2O. The first-order valence-corrected chi connectivity index (χ1v) is 5.52. The van der Waals surface area contributed by atoms with Gasteiger partial charge in [0.1, 0.15) is 5.78 Å². The van der Waals surface area contributed by atoms with Gasteiger partial charge in [-0.25, -0.2) is 0 Å². The summed E-state index contributed by atoms with van der Waals surface area (Å²) in [6, 6.07) is 0. The summed E-state index contributed by atoms with van der Waals surface area (Å²) < 4.78 is 0. The third-order valence-electron chi connectivity index (χ3n) is 2.41. The van der Waals surface area contributed by atoms with Crippen molar-refractivity contribution in [3.05, 3.63) is 23.8 Å². The Labute approximate surface area is 91.0 Å². The number of carbonyl (C=O) groups excluding carboxylic acids is 1. The molecule has 15 heavy (non-hydrogen) atoms. The van der Waals surface area contributed by atoms with E-state index in [0.29, 0.717) is 12.8 Å². The van der Waals surface area contributed by atoms with Crippen LogP contribution in [0.2, 0.25) is 0 Å². The van der Waals surface area contributed by atoms with Gasteiger partial charge in [0.05, 0.1) is 17.8 Å². The Kier molecular flexibility index (Phi) is 4.95. The Morgan fingerprint density at radius 3 is 2.67 bits per heavy atom. The number of carbonyl (C=O) groups is 1. The van der Waals surface area contributed by atoms with Crippen molar-refractivity contribution in [2.75, 3.05) is 0 Å². The molecule has 0 saturated heterocycles. The van der Waals surface area contributed by atoms with Gasteiger partial charge in [-0.2, -0.15) is 0 Å². The molecule has 0 aliphatic rings. The Hall–Kier alpha value is -1.25. The van der Waals surface area contributed by atoms with Gasteiger partial charge in [-0.05, 0) is 13.3 Å². The van der Waals surface area contributed by atoms with Crippen LogP contribution in [0.1, 0.15) is 44.0 Å². The number of ketones is 1. The minimum Gasteiger partial charge on any atom is -0.299 e. The molecule has 0 bridgehead atoms. The van der Waals surface area contributed by atoms with Crippen molar-refractivity contribution in [2.24, 2.45) is 0 Å². The molecule has 1 aromatic rings. The molecule has 3 nitrogen and oxygen atoms in total. The van der Waals surface area contributed by atoms with Crippen LogP contribution in [0.3, 0.4) is 0 Å². The van der Waals surface area contributed by atoms with Crippen LogP contribution >= 0.6 is 0 Å². The average Bonchev–Trinajstić information content (AvgIpc) is 2.22. The molecule has 0 unspecified atom stereocenters. The lowest BCUT2D eigenvalue weighted by Crippen LogP contribution is -2.06. The maximum atomic E-state index is 11.6. The lowest BCUT2D eigenvalue weighted by molar-refractivity contribution is -0.118. The summed E-state index contributed by atoms with van der Waals surface area (Å²) in [6.45, 7) is 4.03. The summed E-state index contributed by atoms with van der Waals surface area (Å²) in [6.07, 6.45) is 7.67. The molecule has 0 aliphatic carbocycles. The van der Waals surface area contributed by atoms with Crippen LogP contribution in [-0.2, 0) is 11.2 Å². The van der Waals surface area contributed by atoms with Crippen LogP contribution in [0, 0.1) is 6.92 Å². The van der Waals surface area contributed by atoms with Crippen molar-refractivity contribution in [3.63, 3.8) is 0 Å². The second kappa shape index (κ2) is 6.27. The zero-order chi connectivity index (χ0) is 11.1. The van der Waals surface area contributed by atoms with Crippen molar-refractivity contribution in [1.29, 1.82) is 0 Å². The predicted octanol–water partition coefficient (Wildman–Crippen LogP) is 2.48. The highest BCUT2D eigenvalue weighted by Gasteiger charge is 2.07. The first-order valence-electron chi connectivity index (χ1n) is 5.52. The fraction of sp³-hybridized carbons (Fsp3) is 0.583. The van der Waals surface area contributed by atoms with E-state index in [1.165, 1.54) is 0 Å². The first-order chi connectivity index (χ1) is 7.24. The number of aryl methyl sites for hydroxylation is 1. The molecule has 0 fully saturated rings. The second-order valence-corrected chi connectivity index (χ2v) is 3.76. The van der Waals surface area contributed by atoms with E-state index < -0.39 is 0 Å². The van der Waals surface area contributed by atoms with Gasteiger partial charge in [-0.3, -0.25) is 14.8 Å². The van der Waals surface area contributed by atoms with E-state index in [-0.39, 0.29) is 5.78 Å². The number of hydrogen-bond acceptors (Lipinski definition) is 3. The summed E-state index contributed by atoms with van der Waals surface area (Å²) in [4.78, 5) is 19.8. The fourth-order valence-electron chi connectivity index (χ4n) is 1.46. The van der Waals surface area contributed by atoms with E-state index in [2.05, 4.69) is 16.9 Å². The van der Waals surface area contributed by atoms with Gasteiger partial charge in [0.15, 0.2) is 0 Å². The van der Waals surface area contributed by atoms with Gasteiger partial charge >= 0.3 is 0 Å². The lowest BCUT2D eigenvalue weighted by Gasteiger charge is -2.02. The van der Waals surface area contributed by atoms with E-state index in [9.17, 15) is 4.79 Å². The molecule has 0 aliphatic heterocycles. The van der Waals surface area contributed by atoms with Crippen LogP contribution in [0.4, 0.5) is 0 Å². The molecule has 0 aromatic carbocycles. The molecular weight excluding hydrogens is 188 g/mol. The molecule has 0 saturated carbocycles. The number of hydrogen-bond donors (Lipinski definition) is 0. The van der Waals surface area contributed by atoms with E-state index >= 15 is 0 Å². The average molecular weight is 206 g/mol.